The molecule has 35 heavy (non-hydrogen) atoms. The summed E-state index contributed by atoms with van der Waals surface area (Å²) in [6, 6.07) is 14.4. The first-order valence-electron chi connectivity index (χ1n) is 10.4. The summed E-state index contributed by atoms with van der Waals surface area (Å²) in [5, 5.41) is 2.73. The van der Waals surface area contributed by atoms with Crippen molar-refractivity contribution in [2.75, 3.05) is 39.5 Å². The van der Waals surface area contributed by atoms with Crippen LogP contribution in [-0.4, -0.2) is 40.3 Å². The van der Waals surface area contributed by atoms with Gasteiger partial charge >= 0.3 is 5.97 Å². The average molecular weight is 479 g/mol. The van der Waals surface area contributed by atoms with E-state index in [4.69, 9.17) is 29.4 Å². The molecule has 0 unspecified atom stereocenters. The number of rotatable bonds is 9. The predicted octanol–water partition coefficient (Wildman–Crippen LogP) is 4.17. The monoisotopic (exact) mass is 478 g/mol. The van der Waals surface area contributed by atoms with Crippen LogP contribution in [0.4, 0.5) is 11.4 Å². The van der Waals surface area contributed by atoms with Crippen LogP contribution < -0.4 is 34.7 Å². The van der Waals surface area contributed by atoms with Crippen LogP contribution in [-0.2, 0) is 4.79 Å². The number of carbonyl (C=O) groups excluding carboxylic acids is 2. The Morgan fingerprint density at radius 2 is 1.40 bits per heavy atom. The maximum atomic E-state index is 12.6. The fourth-order valence-corrected chi connectivity index (χ4v) is 3.15. The number of esters is 1. The summed E-state index contributed by atoms with van der Waals surface area (Å²) in [6.45, 7) is 0. The highest BCUT2D eigenvalue weighted by molar-refractivity contribution is 6.02. The molecule has 0 aromatic heterocycles. The number of methoxy groups -OCH3 is 4. The molecule has 0 aliphatic rings. The van der Waals surface area contributed by atoms with Crippen molar-refractivity contribution >= 4 is 29.3 Å². The molecule has 0 saturated heterocycles. The molecule has 0 saturated carbocycles. The molecular weight excluding hydrogens is 452 g/mol. The number of hydrogen-bond acceptors (Lipinski definition) is 8. The molecule has 3 rings (SSSR count). The van der Waals surface area contributed by atoms with Gasteiger partial charge in [0.05, 0.1) is 39.6 Å². The third-order valence-electron chi connectivity index (χ3n) is 4.93. The molecule has 3 aromatic carbocycles. The quantitative estimate of drug-likeness (QED) is 0.204. The zero-order valence-corrected chi connectivity index (χ0v) is 19.8. The molecule has 0 fully saturated rings. The molecule has 0 heterocycles. The summed E-state index contributed by atoms with van der Waals surface area (Å²) in [7, 11) is 6.01. The van der Waals surface area contributed by atoms with E-state index in [1.54, 1.807) is 54.6 Å². The summed E-state index contributed by atoms with van der Waals surface area (Å²) in [6.07, 6.45) is 2.90. The highest BCUT2D eigenvalue weighted by Crippen LogP contribution is 2.35. The van der Waals surface area contributed by atoms with Crippen LogP contribution in [0.3, 0.4) is 0 Å². The van der Waals surface area contributed by atoms with Crippen molar-refractivity contribution in [3.05, 3.63) is 71.8 Å². The molecule has 9 nitrogen and oxygen atoms in total. The van der Waals surface area contributed by atoms with Gasteiger partial charge in [-0.25, -0.2) is 4.79 Å². The van der Waals surface area contributed by atoms with E-state index >= 15 is 0 Å². The van der Waals surface area contributed by atoms with E-state index in [0.29, 0.717) is 45.5 Å². The normalized spacial score (nSPS) is 10.5. The number of hydrogen-bond donors (Lipinski definition) is 2. The third-order valence-corrected chi connectivity index (χ3v) is 4.93. The number of nitrogens with one attached hydrogen (secondary N) is 1. The SMILES string of the molecule is COc1cc(OC)c(C=CC(=O)Nc2ccc(OC)c(OC(=O)c3ccc(N)cc3)c2)c(OC)c1. The van der Waals surface area contributed by atoms with Gasteiger partial charge in [-0.1, -0.05) is 0 Å². The second kappa shape index (κ2) is 11.5. The van der Waals surface area contributed by atoms with Gasteiger partial charge < -0.3 is 34.7 Å². The lowest BCUT2D eigenvalue weighted by atomic mass is 10.1. The van der Waals surface area contributed by atoms with Crippen molar-refractivity contribution in [2.24, 2.45) is 0 Å². The molecule has 0 atom stereocenters. The molecule has 9 heteroatoms. The van der Waals surface area contributed by atoms with Gasteiger partial charge in [0.2, 0.25) is 5.91 Å². The summed E-state index contributed by atoms with van der Waals surface area (Å²) >= 11 is 0. The van der Waals surface area contributed by atoms with Crippen LogP contribution in [0.5, 0.6) is 28.7 Å². The minimum absolute atomic E-state index is 0.148. The smallest absolute Gasteiger partial charge is 0.343 e. The first-order chi connectivity index (χ1) is 16.9. The molecule has 0 radical (unpaired) electrons. The van der Waals surface area contributed by atoms with E-state index in [1.807, 2.05) is 0 Å². The predicted molar refractivity (Wildman–Crippen MR) is 133 cm³/mol. The lowest BCUT2D eigenvalue weighted by Crippen LogP contribution is -2.11. The Bertz CT molecular complexity index is 1210. The Balaban J connectivity index is 1.78. The van der Waals surface area contributed by atoms with Gasteiger partial charge in [-0.05, 0) is 42.5 Å². The number of ether oxygens (including phenoxy) is 5. The van der Waals surface area contributed by atoms with Crippen LogP contribution in [0.2, 0.25) is 0 Å². The molecule has 0 spiro atoms. The van der Waals surface area contributed by atoms with Crippen molar-refractivity contribution in [3.8, 4) is 28.7 Å². The van der Waals surface area contributed by atoms with Crippen LogP contribution >= 0.6 is 0 Å². The van der Waals surface area contributed by atoms with Gasteiger partial charge in [0.1, 0.15) is 17.2 Å². The highest BCUT2D eigenvalue weighted by atomic mass is 16.6. The van der Waals surface area contributed by atoms with E-state index < -0.39 is 11.9 Å². The zero-order chi connectivity index (χ0) is 25.4. The number of anilines is 2. The maximum absolute atomic E-state index is 12.6. The van der Waals surface area contributed by atoms with Crippen molar-refractivity contribution in [1.29, 1.82) is 0 Å². The second-order valence-corrected chi connectivity index (χ2v) is 7.15. The molecule has 182 valence electrons. The van der Waals surface area contributed by atoms with E-state index in [9.17, 15) is 9.59 Å². The lowest BCUT2D eigenvalue weighted by molar-refractivity contribution is -0.111. The number of amides is 1. The highest BCUT2D eigenvalue weighted by Gasteiger charge is 2.15. The molecule has 0 aliphatic heterocycles. The van der Waals surface area contributed by atoms with Crippen molar-refractivity contribution < 1.29 is 33.3 Å². The van der Waals surface area contributed by atoms with E-state index in [0.717, 1.165) is 0 Å². The first-order valence-corrected chi connectivity index (χ1v) is 10.4. The topological polar surface area (TPSA) is 118 Å². The van der Waals surface area contributed by atoms with Gasteiger partial charge in [-0.3, -0.25) is 4.79 Å². The number of nitrogen functional groups attached to an aromatic ring is 1. The van der Waals surface area contributed by atoms with Crippen molar-refractivity contribution in [2.45, 2.75) is 0 Å². The van der Waals surface area contributed by atoms with Crippen LogP contribution in [0.25, 0.3) is 6.08 Å². The average Bonchev–Trinajstić information content (AvgIpc) is 2.87. The third kappa shape index (κ3) is 6.23. The summed E-state index contributed by atoms with van der Waals surface area (Å²) in [4.78, 5) is 25.1. The van der Waals surface area contributed by atoms with E-state index in [1.165, 1.54) is 40.6 Å². The Kier molecular flexibility index (Phi) is 8.18. The van der Waals surface area contributed by atoms with Crippen molar-refractivity contribution in [3.63, 3.8) is 0 Å². The maximum Gasteiger partial charge on any atom is 0.343 e. The van der Waals surface area contributed by atoms with Gasteiger partial charge in [0, 0.05) is 35.6 Å². The van der Waals surface area contributed by atoms with Gasteiger partial charge in [-0.15, -0.1) is 0 Å². The number of carbonyl (C=O) groups is 2. The van der Waals surface area contributed by atoms with E-state index in [2.05, 4.69) is 5.32 Å². The van der Waals surface area contributed by atoms with Gasteiger partial charge in [-0.2, -0.15) is 0 Å². The van der Waals surface area contributed by atoms with Crippen molar-refractivity contribution in [1.82, 2.24) is 0 Å². The number of benzene rings is 3. The standard InChI is InChI=1S/C26H26N2O7/c1-31-19-14-22(33-3)20(23(15-19)34-4)10-12-25(29)28-18-9-11-21(32-2)24(13-18)35-26(30)16-5-7-17(27)8-6-16/h5-15H,27H2,1-4H3,(H,28,29). The fourth-order valence-electron chi connectivity index (χ4n) is 3.15. The summed E-state index contributed by atoms with van der Waals surface area (Å²) in [5.41, 5.74) is 7.48. The Labute approximate surface area is 203 Å². The minimum Gasteiger partial charge on any atom is -0.496 e. The van der Waals surface area contributed by atoms with Crippen LogP contribution in [0.15, 0.2) is 60.7 Å². The Morgan fingerprint density at radius 1 is 0.771 bits per heavy atom. The largest absolute Gasteiger partial charge is 0.496 e. The number of nitrogens with two attached hydrogens (primary N) is 1. The second-order valence-electron chi connectivity index (χ2n) is 7.15. The summed E-state index contributed by atoms with van der Waals surface area (Å²) in [5.74, 6) is 0.971. The molecular formula is C26H26N2O7. The molecule has 0 aliphatic carbocycles. The van der Waals surface area contributed by atoms with Crippen LogP contribution in [0, 0.1) is 0 Å². The van der Waals surface area contributed by atoms with Gasteiger partial charge in [0.25, 0.3) is 0 Å². The molecule has 3 aromatic rings. The molecule has 0 bridgehead atoms. The first kappa shape index (κ1) is 25.0. The minimum atomic E-state index is -0.592. The van der Waals surface area contributed by atoms with E-state index in [-0.39, 0.29) is 5.75 Å². The molecule has 3 N–H and O–H groups in total. The van der Waals surface area contributed by atoms with Gasteiger partial charge in [0.15, 0.2) is 11.5 Å². The Morgan fingerprint density at radius 3 is 1.97 bits per heavy atom. The fraction of sp³-hybridized carbons (Fsp3) is 0.154. The zero-order valence-electron chi connectivity index (χ0n) is 19.8. The molecule has 1 amide bonds. The summed E-state index contributed by atoms with van der Waals surface area (Å²) < 4.78 is 26.8. The van der Waals surface area contributed by atoms with Crippen LogP contribution in [0.1, 0.15) is 15.9 Å². The Hall–Kier alpha value is -4.66. The lowest BCUT2D eigenvalue weighted by Gasteiger charge is -2.13.